The van der Waals surface area contributed by atoms with Gasteiger partial charge in [-0.15, -0.1) is 0 Å². The number of benzene rings is 1. The molecule has 1 aromatic heterocycles. The molecule has 17 heavy (non-hydrogen) atoms. The lowest BCUT2D eigenvalue weighted by molar-refractivity contribution is 0.333. The molecule has 0 atom stereocenters. The fourth-order valence-electron chi connectivity index (χ4n) is 2.00. The molecule has 0 aliphatic rings. The monoisotopic (exact) mass is 229 g/mol. The van der Waals surface area contributed by atoms with Crippen LogP contribution >= 0.6 is 0 Å². The van der Waals surface area contributed by atoms with E-state index in [-0.39, 0.29) is 11.1 Å². The maximum Gasteiger partial charge on any atom is 0.258 e. The van der Waals surface area contributed by atoms with Gasteiger partial charge in [0.1, 0.15) is 0 Å². The summed E-state index contributed by atoms with van der Waals surface area (Å²) in [4.78, 5) is 12.4. The molecule has 2 heteroatoms. The molecule has 0 spiro atoms. The molecule has 2 rings (SSSR count). The molecule has 1 aromatic carbocycles. The van der Waals surface area contributed by atoms with Gasteiger partial charge in [-0.25, -0.2) is 0 Å². The summed E-state index contributed by atoms with van der Waals surface area (Å²) < 4.78 is 1.84. The molecule has 0 bridgehead atoms. The van der Waals surface area contributed by atoms with Crippen LogP contribution in [-0.2, 0) is 5.54 Å². The molecular formula is C15H19NO. The van der Waals surface area contributed by atoms with Crippen LogP contribution in [0.15, 0.2) is 35.3 Å². The first-order valence-corrected chi connectivity index (χ1v) is 6.08. The van der Waals surface area contributed by atoms with Crippen LogP contribution in [0.25, 0.3) is 10.8 Å². The molecule has 0 saturated carbocycles. The average molecular weight is 229 g/mol. The zero-order chi connectivity index (χ0) is 12.6. The predicted octanol–water partition coefficient (Wildman–Crippen LogP) is 3.46. The first-order valence-electron chi connectivity index (χ1n) is 6.08. The summed E-state index contributed by atoms with van der Waals surface area (Å²) in [6.45, 7) is 8.31. The number of nitrogens with zero attached hydrogens (tertiary/aromatic N) is 1. The van der Waals surface area contributed by atoms with Crippen molar-refractivity contribution in [3.63, 3.8) is 0 Å². The first kappa shape index (κ1) is 11.9. The zero-order valence-corrected chi connectivity index (χ0v) is 10.9. The third kappa shape index (κ3) is 1.99. The van der Waals surface area contributed by atoms with Crippen molar-refractivity contribution in [2.45, 2.75) is 39.7 Å². The Labute approximate surface area is 102 Å². The Hall–Kier alpha value is -1.57. The molecule has 0 aliphatic carbocycles. The fraction of sp³-hybridized carbons (Fsp3) is 0.400. The minimum atomic E-state index is -0.130. The number of rotatable bonds is 2. The van der Waals surface area contributed by atoms with E-state index >= 15 is 0 Å². The molecule has 2 nitrogen and oxygen atoms in total. The second-order valence-corrected chi connectivity index (χ2v) is 5.25. The van der Waals surface area contributed by atoms with Crippen LogP contribution in [0.3, 0.4) is 0 Å². The Bertz CT molecular complexity index is 608. The van der Waals surface area contributed by atoms with Gasteiger partial charge in [-0.05, 0) is 44.7 Å². The van der Waals surface area contributed by atoms with Crippen LogP contribution < -0.4 is 5.56 Å². The number of hydrogen-bond acceptors (Lipinski definition) is 1. The van der Waals surface area contributed by atoms with Gasteiger partial charge in [-0.3, -0.25) is 4.79 Å². The van der Waals surface area contributed by atoms with E-state index in [4.69, 9.17) is 0 Å². The van der Waals surface area contributed by atoms with Gasteiger partial charge in [0, 0.05) is 17.1 Å². The number of fused-ring (bicyclic) bond motifs is 1. The van der Waals surface area contributed by atoms with Crippen LogP contribution in [0.5, 0.6) is 0 Å². The lowest BCUT2D eigenvalue weighted by atomic mass is 10.0. The Morgan fingerprint density at radius 1 is 1.24 bits per heavy atom. The van der Waals surface area contributed by atoms with Gasteiger partial charge >= 0.3 is 0 Å². The second kappa shape index (κ2) is 4.02. The first-order chi connectivity index (χ1) is 7.95. The Morgan fingerprint density at radius 2 is 1.94 bits per heavy atom. The van der Waals surface area contributed by atoms with E-state index in [9.17, 15) is 4.79 Å². The summed E-state index contributed by atoms with van der Waals surface area (Å²) in [5, 5.41) is 1.83. The molecule has 0 saturated heterocycles. The SMILES string of the molecule is CCC(C)(C)n1ccc2ccc(C)cc2c1=O. The van der Waals surface area contributed by atoms with Crippen molar-refractivity contribution < 1.29 is 0 Å². The highest BCUT2D eigenvalue weighted by Crippen LogP contribution is 2.19. The maximum absolute atomic E-state index is 12.4. The van der Waals surface area contributed by atoms with Gasteiger partial charge in [-0.1, -0.05) is 24.6 Å². The molecule has 0 fully saturated rings. The number of hydrogen-bond donors (Lipinski definition) is 0. The summed E-state index contributed by atoms with van der Waals surface area (Å²) >= 11 is 0. The van der Waals surface area contributed by atoms with Crippen molar-refractivity contribution in [1.29, 1.82) is 0 Å². The van der Waals surface area contributed by atoms with Crippen molar-refractivity contribution >= 4 is 10.8 Å². The van der Waals surface area contributed by atoms with Gasteiger partial charge in [-0.2, -0.15) is 0 Å². The average Bonchev–Trinajstić information content (AvgIpc) is 2.30. The third-order valence-corrected chi connectivity index (χ3v) is 3.58. The topological polar surface area (TPSA) is 22.0 Å². The molecular weight excluding hydrogens is 210 g/mol. The van der Waals surface area contributed by atoms with Crippen LogP contribution in [0, 0.1) is 6.92 Å². The fourth-order valence-corrected chi connectivity index (χ4v) is 2.00. The molecule has 0 radical (unpaired) electrons. The van der Waals surface area contributed by atoms with Crippen LogP contribution in [-0.4, -0.2) is 4.57 Å². The number of pyridine rings is 1. The minimum absolute atomic E-state index is 0.109. The molecule has 1 heterocycles. The predicted molar refractivity (Wildman–Crippen MR) is 72.6 cm³/mol. The van der Waals surface area contributed by atoms with E-state index in [0.29, 0.717) is 0 Å². The number of aromatic nitrogens is 1. The van der Waals surface area contributed by atoms with Crippen molar-refractivity contribution in [2.75, 3.05) is 0 Å². The maximum atomic E-state index is 12.4. The van der Waals surface area contributed by atoms with E-state index in [0.717, 1.165) is 22.8 Å². The van der Waals surface area contributed by atoms with E-state index < -0.39 is 0 Å². The van der Waals surface area contributed by atoms with Gasteiger partial charge in [0.25, 0.3) is 5.56 Å². The molecule has 0 unspecified atom stereocenters. The molecule has 90 valence electrons. The summed E-state index contributed by atoms with van der Waals surface area (Å²) in [6.07, 6.45) is 2.84. The van der Waals surface area contributed by atoms with Crippen molar-refractivity contribution in [3.05, 3.63) is 46.4 Å². The standard InChI is InChI=1S/C15H19NO/c1-5-15(3,4)16-9-8-12-7-6-11(2)10-13(12)14(16)17/h6-10H,5H2,1-4H3. The molecule has 0 aliphatic heterocycles. The van der Waals surface area contributed by atoms with E-state index in [1.54, 1.807) is 0 Å². The Morgan fingerprint density at radius 3 is 2.59 bits per heavy atom. The van der Waals surface area contributed by atoms with Crippen molar-refractivity contribution in [1.82, 2.24) is 4.57 Å². The highest BCUT2D eigenvalue weighted by atomic mass is 16.1. The van der Waals surface area contributed by atoms with Crippen molar-refractivity contribution in [2.24, 2.45) is 0 Å². The van der Waals surface area contributed by atoms with E-state index in [1.807, 2.05) is 42.0 Å². The van der Waals surface area contributed by atoms with Crippen LogP contribution in [0.1, 0.15) is 32.8 Å². The number of aryl methyl sites for hydroxylation is 1. The lowest BCUT2D eigenvalue weighted by Gasteiger charge is -2.26. The van der Waals surface area contributed by atoms with Crippen LogP contribution in [0.2, 0.25) is 0 Å². The molecule has 0 amide bonds. The molecule has 2 aromatic rings. The highest BCUT2D eigenvalue weighted by molar-refractivity contribution is 5.82. The second-order valence-electron chi connectivity index (χ2n) is 5.25. The van der Waals surface area contributed by atoms with Crippen molar-refractivity contribution in [3.8, 4) is 0 Å². The lowest BCUT2D eigenvalue weighted by Crippen LogP contribution is -2.35. The minimum Gasteiger partial charge on any atom is -0.309 e. The van der Waals surface area contributed by atoms with Gasteiger partial charge < -0.3 is 4.57 Å². The summed E-state index contributed by atoms with van der Waals surface area (Å²) in [7, 11) is 0. The summed E-state index contributed by atoms with van der Waals surface area (Å²) in [5.74, 6) is 0. The Balaban J connectivity index is 2.78. The van der Waals surface area contributed by atoms with E-state index in [1.165, 1.54) is 0 Å². The third-order valence-electron chi connectivity index (χ3n) is 3.58. The zero-order valence-electron chi connectivity index (χ0n) is 10.9. The summed E-state index contributed by atoms with van der Waals surface area (Å²) in [6, 6.07) is 8.04. The van der Waals surface area contributed by atoms with Gasteiger partial charge in [0.15, 0.2) is 0 Å². The molecule has 0 N–H and O–H groups in total. The quantitative estimate of drug-likeness (QED) is 0.773. The smallest absolute Gasteiger partial charge is 0.258 e. The van der Waals surface area contributed by atoms with Gasteiger partial charge in [0.2, 0.25) is 0 Å². The largest absolute Gasteiger partial charge is 0.309 e. The highest BCUT2D eigenvalue weighted by Gasteiger charge is 2.19. The van der Waals surface area contributed by atoms with E-state index in [2.05, 4.69) is 20.8 Å². The van der Waals surface area contributed by atoms with Crippen LogP contribution in [0.4, 0.5) is 0 Å². The van der Waals surface area contributed by atoms with Gasteiger partial charge in [0.05, 0.1) is 0 Å². The Kier molecular flexibility index (Phi) is 2.82. The summed E-state index contributed by atoms with van der Waals surface area (Å²) in [5.41, 5.74) is 1.11. The normalized spacial score (nSPS) is 12.0.